The first kappa shape index (κ1) is 14.5. The van der Waals surface area contributed by atoms with E-state index in [0.29, 0.717) is 5.92 Å². The van der Waals surface area contributed by atoms with Crippen LogP contribution in [-0.2, 0) is 6.42 Å². The molecule has 1 rings (SSSR count). The van der Waals surface area contributed by atoms with E-state index in [1.807, 2.05) is 12.1 Å². The van der Waals surface area contributed by atoms with E-state index in [0.717, 1.165) is 18.0 Å². The van der Waals surface area contributed by atoms with Crippen LogP contribution in [0.2, 0.25) is 5.02 Å². The Kier molecular flexibility index (Phi) is 5.48. The third-order valence-electron chi connectivity index (χ3n) is 2.94. The minimum absolute atomic E-state index is 0.202. The van der Waals surface area contributed by atoms with E-state index in [2.05, 4.69) is 45.1 Å². The first-order valence-electron chi connectivity index (χ1n) is 6.40. The fourth-order valence-electron chi connectivity index (χ4n) is 1.77. The molecule has 1 aromatic rings. The van der Waals surface area contributed by atoms with Crippen LogP contribution in [0.15, 0.2) is 24.3 Å². The zero-order valence-corrected chi connectivity index (χ0v) is 12.1. The van der Waals surface area contributed by atoms with Gasteiger partial charge in [0.15, 0.2) is 0 Å². The van der Waals surface area contributed by atoms with Crippen molar-refractivity contribution in [2.24, 2.45) is 5.92 Å². The van der Waals surface area contributed by atoms with E-state index in [4.69, 9.17) is 11.6 Å². The molecule has 0 bridgehead atoms. The molecule has 2 heteroatoms. The predicted octanol–water partition coefficient (Wildman–Crippen LogP) is 4.30. The lowest BCUT2D eigenvalue weighted by atomic mass is 9.95. The molecule has 17 heavy (non-hydrogen) atoms. The summed E-state index contributed by atoms with van der Waals surface area (Å²) in [5, 5.41) is 4.39. The average Bonchev–Trinajstić information content (AvgIpc) is 2.25. The van der Waals surface area contributed by atoms with Gasteiger partial charge in [-0.25, -0.2) is 0 Å². The van der Waals surface area contributed by atoms with Crippen LogP contribution in [0, 0.1) is 5.92 Å². The van der Waals surface area contributed by atoms with Crippen molar-refractivity contribution in [2.45, 2.75) is 46.1 Å². The summed E-state index contributed by atoms with van der Waals surface area (Å²) in [6.45, 7) is 9.96. The largest absolute Gasteiger partial charge is 0.312 e. The minimum atomic E-state index is 0.202. The summed E-state index contributed by atoms with van der Waals surface area (Å²) in [6.07, 6.45) is 2.32. The van der Waals surface area contributed by atoms with Crippen LogP contribution in [-0.4, -0.2) is 12.1 Å². The van der Waals surface area contributed by atoms with E-state index in [1.54, 1.807) is 0 Å². The second kappa shape index (κ2) is 6.42. The van der Waals surface area contributed by atoms with Crippen molar-refractivity contribution < 1.29 is 0 Å². The zero-order valence-electron chi connectivity index (χ0n) is 11.4. The Morgan fingerprint density at radius 2 is 1.76 bits per heavy atom. The molecule has 0 aliphatic carbocycles. The maximum Gasteiger partial charge on any atom is 0.0406 e. The highest BCUT2D eigenvalue weighted by Crippen LogP contribution is 2.15. The van der Waals surface area contributed by atoms with Gasteiger partial charge in [-0.3, -0.25) is 0 Å². The number of rotatable bonds is 5. The van der Waals surface area contributed by atoms with Crippen molar-refractivity contribution in [1.29, 1.82) is 0 Å². The molecule has 0 aliphatic heterocycles. The minimum Gasteiger partial charge on any atom is -0.312 e. The van der Waals surface area contributed by atoms with E-state index in [-0.39, 0.29) is 5.54 Å². The number of halogens is 1. The summed E-state index contributed by atoms with van der Waals surface area (Å²) < 4.78 is 0. The molecule has 0 heterocycles. The SMILES string of the molecule is CCC(CNC(C)(C)C)Cc1ccc(Cl)cc1. The highest BCUT2D eigenvalue weighted by molar-refractivity contribution is 6.30. The van der Waals surface area contributed by atoms with Gasteiger partial charge in [-0.2, -0.15) is 0 Å². The Balaban J connectivity index is 2.49. The lowest BCUT2D eigenvalue weighted by Crippen LogP contribution is -2.39. The van der Waals surface area contributed by atoms with Crippen LogP contribution in [0.4, 0.5) is 0 Å². The molecule has 0 fully saturated rings. The van der Waals surface area contributed by atoms with Gasteiger partial charge in [0, 0.05) is 10.6 Å². The summed E-state index contributed by atoms with van der Waals surface area (Å²) in [6, 6.07) is 8.20. The van der Waals surface area contributed by atoms with Crippen molar-refractivity contribution >= 4 is 11.6 Å². The summed E-state index contributed by atoms with van der Waals surface area (Å²) in [7, 11) is 0. The van der Waals surface area contributed by atoms with Crippen LogP contribution >= 0.6 is 11.6 Å². The van der Waals surface area contributed by atoms with Gasteiger partial charge in [0.2, 0.25) is 0 Å². The van der Waals surface area contributed by atoms with Crippen molar-refractivity contribution in [3.05, 3.63) is 34.9 Å². The molecular weight excluding hydrogens is 230 g/mol. The molecule has 0 radical (unpaired) electrons. The number of hydrogen-bond donors (Lipinski definition) is 1. The van der Waals surface area contributed by atoms with Gasteiger partial charge in [0.1, 0.15) is 0 Å². The molecule has 0 amide bonds. The molecule has 1 aromatic carbocycles. The molecule has 0 saturated carbocycles. The van der Waals surface area contributed by atoms with E-state index in [1.165, 1.54) is 12.0 Å². The van der Waals surface area contributed by atoms with Gasteiger partial charge in [-0.15, -0.1) is 0 Å². The van der Waals surface area contributed by atoms with Crippen LogP contribution in [0.5, 0.6) is 0 Å². The molecule has 1 atom stereocenters. The molecule has 0 spiro atoms. The van der Waals surface area contributed by atoms with E-state index >= 15 is 0 Å². The molecule has 96 valence electrons. The first-order valence-corrected chi connectivity index (χ1v) is 6.78. The summed E-state index contributed by atoms with van der Waals surface area (Å²) >= 11 is 5.89. The van der Waals surface area contributed by atoms with Crippen molar-refractivity contribution in [1.82, 2.24) is 5.32 Å². The predicted molar refractivity (Wildman–Crippen MR) is 76.7 cm³/mol. The second-order valence-electron chi connectivity index (χ2n) is 5.74. The lowest BCUT2D eigenvalue weighted by molar-refractivity contribution is 0.363. The summed E-state index contributed by atoms with van der Waals surface area (Å²) in [5.74, 6) is 0.690. The first-order chi connectivity index (χ1) is 7.90. The maximum atomic E-state index is 5.89. The Bertz CT molecular complexity index is 324. The molecule has 1 N–H and O–H groups in total. The van der Waals surface area contributed by atoms with Crippen LogP contribution in [0.3, 0.4) is 0 Å². The molecule has 1 unspecified atom stereocenters. The van der Waals surface area contributed by atoms with Crippen LogP contribution in [0.25, 0.3) is 0 Å². The molecule has 0 saturated heterocycles. The van der Waals surface area contributed by atoms with Gasteiger partial charge in [0.25, 0.3) is 0 Å². The van der Waals surface area contributed by atoms with Crippen molar-refractivity contribution in [2.75, 3.05) is 6.54 Å². The summed E-state index contributed by atoms with van der Waals surface area (Å²) in [4.78, 5) is 0. The van der Waals surface area contributed by atoms with Gasteiger partial charge in [-0.05, 0) is 57.4 Å². The van der Waals surface area contributed by atoms with Gasteiger partial charge < -0.3 is 5.32 Å². The standard InChI is InChI=1S/C15H24ClN/c1-5-12(11-17-15(2,3)4)10-13-6-8-14(16)9-7-13/h6-9,12,17H,5,10-11H2,1-4H3. The van der Waals surface area contributed by atoms with Crippen molar-refractivity contribution in [3.8, 4) is 0 Å². The Morgan fingerprint density at radius 1 is 1.18 bits per heavy atom. The van der Waals surface area contributed by atoms with Crippen LogP contribution in [0.1, 0.15) is 39.7 Å². The number of benzene rings is 1. The van der Waals surface area contributed by atoms with Crippen LogP contribution < -0.4 is 5.32 Å². The topological polar surface area (TPSA) is 12.0 Å². The fraction of sp³-hybridized carbons (Fsp3) is 0.600. The van der Waals surface area contributed by atoms with Gasteiger partial charge >= 0.3 is 0 Å². The fourth-order valence-corrected chi connectivity index (χ4v) is 1.89. The van der Waals surface area contributed by atoms with Gasteiger partial charge in [-0.1, -0.05) is 37.1 Å². The second-order valence-corrected chi connectivity index (χ2v) is 6.17. The maximum absolute atomic E-state index is 5.89. The quantitative estimate of drug-likeness (QED) is 0.825. The highest BCUT2D eigenvalue weighted by Gasteiger charge is 2.13. The third-order valence-corrected chi connectivity index (χ3v) is 3.19. The molecule has 0 aromatic heterocycles. The van der Waals surface area contributed by atoms with Gasteiger partial charge in [0.05, 0.1) is 0 Å². The Morgan fingerprint density at radius 3 is 2.24 bits per heavy atom. The summed E-state index contributed by atoms with van der Waals surface area (Å²) in [5.41, 5.74) is 1.57. The zero-order chi connectivity index (χ0) is 12.9. The van der Waals surface area contributed by atoms with Crippen molar-refractivity contribution in [3.63, 3.8) is 0 Å². The Hall–Kier alpha value is -0.530. The van der Waals surface area contributed by atoms with E-state index < -0.39 is 0 Å². The van der Waals surface area contributed by atoms with E-state index in [9.17, 15) is 0 Å². The molecular formula is C15H24ClN. The monoisotopic (exact) mass is 253 g/mol. The lowest BCUT2D eigenvalue weighted by Gasteiger charge is -2.24. The normalized spacial score (nSPS) is 13.7. The molecule has 0 aliphatic rings. The Labute approximate surface area is 111 Å². The average molecular weight is 254 g/mol. The third kappa shape index (κ3) is 6.09. The molecule has 1 nitrogen and oxygen atoms in total. The smallest absolute Gasteiger partial charge is 0.0406 e. The number of hydrogen-bond acceptors (Lipinski definition) is 1. The highest BCUT2D eigenvalue weighted by atomic mass is 35.5. The number of nitrogens with one attached hydrogen (secondary N) is 1.